The molecular formula is C13H15ClFNO3S. The highest BCUT2D eigenvalue weighted by atomic mass is 35.5. The van der Waals surface area contributed by atoms with Crippen molar-refractivity contribution in [2.45, 2.75) is 12.5 Å². The Bertz CT molecular complexity index is 499. The number of hydrogen-bond donors (Lipinski definition) is 1. The van der Waals surface area contributed by atoms with Crippen molar-refractivity contribution < 1.29 is 18.7 Å². The molecule has 1 N–H and O–H groups in total. The van der Waals surface area contributed by atoms with Gasteiger partial charge in [0.15, 0.2) is 0 Å². The van der Waals surface area contributed by atoms with Gasteiger partial charge in [-0.25, -0.2) is 9.18 Å². The molecule has 0 saturated carbocycles. The van der Waals surface area contributed by atoms with Gasteiger partial charge < -0.3 is 10.1 Å². The van der Waals surface area contributed by atoms with Gasteiger partial charge in [-0.2, -0.15) is 11.8 Å². The molecule has 7 heteroatoms. The van der Waals surface area contributed by atoms with Crippen LogP contribution in [0.15, 0.2) is 18.2 Å². The summed E-state index contributed by atoms with van der Waals surface area (Å²) in [6, 6.07) is 2.86. The third-order valence-corrected chi connectivity index (χ3v) is 3.45. The monoisotopic (exact) mass is 319 g/mol. The lowest BCUT2D eigenvalue weighted by molar-refractivity contribution is -0.142. The van der Waals surface area contributed by atoms with Crippen LogP contribution in [0.25, 0.3) is 0 Å². The Labute approximate surface area is 126 Å². The molecule has 0 aliphatic carbocycles. The van der Waals surface area contributed by atoms with Crippen molar-refractivity contribution in [3.8, 4) is 0 Å². The summed E-state index contributed by atoms with van der Waals surface area (Å²) in [5.41, 5.74) is -0.199. The zero-order valence-electron chi connectivity index (χ0n) is 11.1. The van der Waals surface area contributed by atoms with E-state index in [-0.39, 0.29) is 10.6 Å². The van der Waals surface area contributed by atoms with Crippen LogP contribution < -0.4 is 5.32 Å². The summed E-state index contributed by atoms with van der Waals surface area (Å²) >= 11 is 7.26. The normalized spacial score (nSPS) is 11.8. The lowest BCUT2D eigenvalue weighted by atomic mass is 10.1. The molecule has 1 aromatic carbocycles. The van der Waals surface area contributed by atoms with E-state index in [0.717, 1.165) is 6.07 Å². The van der Waals surface area contributed by atoms with Gasteiger partial charge in [0.1, 0.15) is 11.9 Å². The summed E-state index contributed by atoms with van der Waals surface area (Å²) in [6.45, 7) is 0. The molecule has 0 aromatic heterocycles. The number of methoxy groups -OCH3 is 1. The molecule has 0 radical (unpaired) electrons. The van der Waals surface area contributed by atoms with Gasteiger partial charge in [-0.15, -0.1) is 0 Å². The topological polar surface area (TPSA) is 55.4 Å². The van der Waals surface area contributed by atoms with Crippen molar-refractivity contribution in [1.82, 2.24) is 5.32 Å². The minimum Gasteiger partial charge on any atom is -0.467 e. The molecule has 1 amide bonds. The zero-order valence-corrected chi connectivity index (χ0v) is 12.7. The number of carbonyl (C=O) groups is 2. The van der Waals surface area contributed by atoms with Gasteiger partial charge in [-0.3, -0.25) is 4.79 Å². The van der Waals surface area contributed by atoms with E-state index in [2.05, 4.69) is 10.1 Å². The van der Waals surface area contributed by atoms with E-state index in [4.69, 9.17) is 11.6 Å². The molecule has 0 bridgehead atoms. The average Bonchev–Trinajstić information content (AvgIpc) is 2.44. The molecule has 0 aliphatic heterocycles. The van der Waals surface area contributed by atoms with Gasteiger partial charge in [0.25, 0.3) is 5.91 Å². The quantitative estimate of drug-likeness (QED) is 0.819. The Hall–Kier alpha value is -1.27. The largest absolute Gasteiger partial charge is 0.467 e. The second kappa shape index (κ2) is 8.11. The van der Waals surface area contributed by atoms with Gasteiger partial charge in [-0.1, -0.05) is 11.6 Å². The van der Waals surface area contributed by atoms with Crippen molar-refractivity contribution in [2.24, 2.45) is 0 Å². The highest BCUT2D eigenvalue weighted by Crippen LogP contribution is 2.15. The number of rotatable bonds is 6. The first-order valence-corrected chi connectivity index (χ1v) is 7.59. The van der Waals surface area contributed by atoms with Gasteiger partial charge in [0.05, 0.1) is 12.7 Å². The predicted octanol–water partition coefficient (Wildman–Crippen LogP) is 2.50. The van der Waals surface area contributed by atoms with Gasteiger partial charge in [0.2, 0.25) is 0 Å². The van der Waals surface area contributed by atoms with Crippen LogP contribution in [0.5, 0.6) is 0 Å². The second-order valence-corrected chi connectivity index (χ2v) is 5.38. The van der Waals surface area contributed by atoms with Crippen LogP contribution in [0.4, 0.5) is 4.39 Å². The van der Waals surface area contributed by atoms with E-state index >= 15 is 0 Å². The molecule has 1 aromatic rings. The van der Waals surface area contributed by atoms with Crippen LogP contribution in [0, 0.1) is 5.82 Å². The smallest absolute Gasteiger partial charge is 0.328 e. The minimum atomic E-state index is -0.807. The number of carbonyl (C=O) groups excluding carboxylic acids is 2. The average molecular weight is 320 g/mol. The van der Waals surface area contributed by atoms with Crippen LogP contribution in [0.2, 0.25) is 5.02 Å². The molecule has 0 spiro atoms. The maximum absolute atomic E-state index is 13.6. The molecule has 110 valence electrons. The fraction of sp³-hybridized carbons (Fsp3) is 0.385. The SMILES string of the molecule is COC(=O)[C@@H](CCSC)NC(=O)c1cc(Cl)ccc1F. The summed E-state index contributed by atoms with van der Waals surface area (Å²) in [7, 11) is 1.24. The standard InChI is InChI=1S/C13H15ClFNO3S/c1-19-13(18)11(5-6-20-2)16-12(17)9-7-8(14)3-4-10(9)15/h3-4,7,11H,5-6H2,1-2H3,(H,16,17)/t11-/m1/s1. The Morgan fingerprint density at radius 1 is 1.50 bits per heavy atom. The van der Waals surface area contributed by atoms with Crippen LogP contribution in [0.1, 0.15) is 16.8 Å². The number of halogens is 2. The minimum absolute atomic E-state index is 0.199. The Morgan fingerprint density at radius 2 is 2.20 bits per heavy atom. The first-order chi connectivity index (χ1) is 9.49. The number of esters is 1. The summed E-state index contributed by atoms with van der Waals surface area (Å²) < 4.78 is 18.2. The van der Waals surface area contributed by atoms with Gasteiger partial charge >= 0.3 is 5.97 Å². The molecule has 1 rings (SSSR count). The van der Waals surface area contributed by atoms with Crippen molar-refractivity contribution in [3.05, 3.63) is 34.6 Å². The molecular weight excluding hydrogens is 305 g/mol. The maximum Gasteiger partial charge on any atom is 0.328 e. The van der Waals surface area contributed by atoms with Crippen molar-refractivity contribution in [3.63, 3.8) is 0 Å². The summed E-state index contributed by atoms with van der Waals surface area (Å²) in [6.07, 6.45) is 2.29. The molecule has 0 aliphatic rings. The van der Waals surface area contributed by atoms with Crippen molar-refractivity contribution >= 4 is 35.2 Å². The molecule has 20 heavy (non-hydrogen) atoms. The van der Waals surface area contributed by atoms with E-state index in [0.29, 0.717) is 12.2 Å². The maximum atomic E-state index is 13.6. The van der Waals surface area contributed by atoms with E-state index in [1.807, 2.05) is 6.26 Å². The fourth-order valence-corrected chi connectivity index (χ4v) is 2.18. The molecule has 0 heterocycles. The van der Waals surface area contributed by atoms with Crippen LogP contribution >= 0.6 is 23.4 Å². The summed E-state index contributed by atoms with van der Waals surface area (Å²) in [5, 5.41) is 2.71. The van der Waals surface area contributed by atoms with E-state index in [1.54, 1.807) is 0 Å². The van der Waals surface area contributed by atoms with E-state index < -0.39 is 23.7 Å². The molecule has 0 fully saturated rings. The highest BCUT2D eigenvalue weighted by molar-refractivity contribution is 7.98. The van der Waals surface area contributed by atoms with Crippen molar-refractivity contribution in [1.29, 1.82) is 0 Å². The van der Waals surface area contributed by atoms with E-state index in [9.17, 15) is 14.0 Å². The van der Waals surface area contributed by atoms with Crippen LogP contribution in [0.3, 0.4) is 0 Å². The number of nitrogens with one attached hydrogen (secondary N) is 1. The van der Waals surface area contributed by atoms with Crippen molar-refractivity contribution in [2.75, 3.05) is 19.1 Å². The van der Waals surface area contributed by atoms with Gasteiger partial charge in [0, 0.05) is 5.02 Å². The van der Waals surface area contributed by atoms with Crippen LogP contribution in [-0.2, 0) is 9.53 Å². The molecule has 4 nitrogen and oxygen atoms in total. The van der Waals surface area contributed by atoms with Crippen LogP contribution in [-0.4, -0.2) is 37.0 Å². The lowest BCUT2D eigenvalue weighted by Gasteiger charge is -2.16. The second-order valence-electron chi connectivity index (χ2n) is 3.95. The number of thioether (sulfide) groups is 1. The fourth-order valence-electron chi connectivity index (χ4n) is 1.53. The first-order valence-electron chi connectivity index (χ1n) is 5.82. The number of hydrogen-bond acceptors (Lipinski definition) is 4. The Balaban J connectivity index is 2.84. The third-order valence-electron chi connectivity index (χ3n) is 2.57. The zero-order chi connectivity index (χ0) is 15.1. The molecule has 0 saturated heterocycles. The molecule has 0 unspecified atom stereocenters. The van der Waals surface area contributed by atoms with E-state index in [1.165, 1.54) is 31.0 Å². The first kappa shape index (κ1) is 16.8. The summed E-state index contributed by atoms with van der Waals surface area (Å²) in [5.74, 6) is -1.28. The Kier molecular flexibility index (Phi) is 6.81. The summed E-state index contributed by atoms with van der Waals surface area (Å²) in [4.78, 5) is 23.6. The lowest BCUT2D eigenvalue weighted by Crippen LogP contribution is -2.42. The number of amides is 1. The number of ether oxygens (including phenoxy) is 1. The Morgan fingerprint density at radius 3 is 2.80 bits per heavy atom. The van der Waals surface area contributed by atoms with Gasteiger partial charge in [-0.05, 0) is 36.6 Å². The third kappa shape index (κ3) is 4.68. The number of benzene rings is 1. The highest BCUT2D eigenvalue weighted by Gasteiger charge is 2.23. The molecule has 1 atom stereocenters. The predicted molar refractivity (Wildman–Crippen MR) is 77.7 cm³/mol.